The molecular weight excluding hydrogens is 445 g/mol. The van der Waals surface area contributed by atoms with Gasteiger partial charge in [0.1, 0.15) is 6.54 Å². The molecule has 33 heavy (non-hydrogen) atoms. The number of hydrogen-bond donors (Lipinski definition) is 0. The Labute approximate surface area is 186 Å². The van der Waals surface area contributed by atoms with E-state index in [0.717, 1.165) is 47.5 Å². The van der Waals surface area contributed by atoms with Gasteiger partial charge in [0.15, 0.2) is 0 Å². The maximum absolute atomic E-state index is 13.5. The summed E-state index contributed by atoms with van der Waals surface area (Å²) in [6.45, 7) is -1.06. The van der Waals surface area contributed by atoms with E-state index in [4.69, 9.17) is 0 Å². The summed E-state index contributed by atoms with van der Waals surface area (Å²) in [6, 6.07) is 3.71. The SMILES string of the molecule is O=c1c(C2CCCCC2)cc(-c2cnn(CC(F)F)c2)nn1Cc1ncccc1C(F)(F)F. The van der Waals surface area contributed by atoms with Crippen molar-refractivity contribution in [3.05, 3.63) is 64.0 Å². The summed E-state index contributed by atoms with van der Waals surface area (Å²) in [5.74, 6) is -0.0406. The maximum atomic E-state index is 13.5. The number of alkyl halides is 5. The summed E-state index contributed by atoms with van der Waals surface area (Å²) in [7, 11) is 0. The molecule has 3 aromatic heterocycles. The first kappa shape index (κ1) is 23.1. The van der Waals surface area contributed by atoms with E-state index >= 15 is 0 Å². The average Bonchev–Trinajstić information content (AvgIpc) is 3.23. The molecule has 0 aliphatic heterocycles. The lowest BCUT2D eigenvalue weighted by molar-refractivity contribution is -0.138. The molecule has 3 aromatic rings. The van der Waals surface area contributed by atoms with Gasteiger partial charge in [-0.1, -0.05) is 19.3 Å². The van der Waals surface area contributed by atoms with Crippen LogP contribution in [0.15, 0.2) is 41.6 Å². The number of pyridine rings is 1. The number of hydrogen-bond acceptors (Lipinski definition) is 4. The van der Waals surface area contributed by atoms with E-state index in [-0.39, 0.29) is 11.6 Å². The van der Waals surface area contributed by atoms with Crippen molar-refractivity contribution in [3.63, 3.8) is 0 Å². The molecule has 0 bridgehead atoms. The van der Waals surface area contributed by atoms with Gasteiger partial charge in [-0.05, 0) is 37.0 Å². The van der Waals surface area contributed by atoms with Gasteiger partial charge in [-0.3, -0.25) is 14.5 Å². The Morgan fingerprint density at radius 3 is 2.61 bits per heavy atom. The van der Waals surface area contributed by atoms with Gasteiger partial charge < -0.3 is 0 Å². The molecule has 0 aromatic carbocycles. The summed E-state index contributed by atoms with van der Waals surface area (Å²) in [4.78, 5) is 17.1. The zero-order valence-corrected chi connectivity index (χ0v) is 17.6. The predicted molar refractivity (Wildman–Crippen MR) is 110 cm³/mol. The van der Waals surface area contributed by atoms with Crippen LogP contribution in [-0.4, -0.2) is 31.0 Å². The van der Waals surface area contributed by atoms with Gasteiger partial charge in [0.2, 0.25) is 0 Å². The van der Waals surface area contributed by atoms with E-state index < -0.39 is 36.8 Å². The fraction of sp³-hybridized carbons (Fsp3) is 0.455. The molecule has 0 atom stereocenters. The minimum Gasteiger partial charge on any atom is -0.267 e. The molecule has 0 spiro atoms. The first-order valence-electron chi connectivity index (χ1n) is 10.7. The van der Waals surface area contributed by atoms with Crippen LogP contribution in [0.2, 0.25) is 0 Å². The van der Waals surface area contributed by atoms with Crippen molar-refractivity contribution in [2.75, 3.05) is 0 Å². The second-order valence-corrected chi connectivity index (χ2v) is 8.12. The molecule has 3 heterocycles. The average molecular weight is 467 g/mol. The van der Waals surface area contributed by atoms with Crippen molar-refractivity contribution in [2.24, 2.45) is 0 Å². The van der Waals surface area contributed by atoms with Crippen molar-refractivity contribution < 1.29 is 22.0 Å². The minimum absolute atomic E-state index is 0.0406. The standard InChI is InChI=1S/C22H22F5N5O/c23-20(24)13-31-11-15(10-29-31)18-9-16(14-5-2-1-3-6-14)21(33)32(30-18)12-19-17(22(25,26)27)7-4-8-28-19/h4,7-11,14,20H,1-3,5-6,12-13H2. The summed E-state index contributed by atoms with van der Waals surface area (Å²) in [6.07, 6.45) is 1.29. The highest BCUT2D eigenvalue weighted by atomic mass is 19.4. The van der Waals surface area contributed by atoms with Crippen LogP contribution in [0, 0.1) is 0 Å². The molecule has 0 saturated heterocycles. The molecular formula is C22H22F5N5O. The number of rotatable bonds is 6. The summed E-state index contributed by atoms with van der Waals surface area (Å²) >= 11 is 0. The third kappa shape index (κ3) is 5.28. The largest absolute Gasteiger partial charge is 0.418 e. The Kier molecular flexibility index (Phi) is 6.57. The molecule has 11 heteroatoms. The summed E-state index contributed by atoms with van der Waals surface area (Å²) < 4.78 is 67.8. The van der Waals surface area contributed by atoms with Crippen molar-refractivity contribution >= 4 is 0 Å². The lowest BCUT2D eigenvalue weighted by Crippen LogP contribution is -2.30. The number of nitrogens with zero attached hydrogens (tertiary/aromatic N) is 5. The monoisotopic (exact) mass is 467 g/mol. The highest BCUT2D eigenvalue weighted by Crippen LogP contribution is 2.33. The van der Waals surface area contributed by atoms with Crippen molar-refractivity contribution in [1.82, 2.24) is 24.5 Å². The van der Waals surface area contributed by atoms with Crippen LogP contribution >= 0.6 is 0 Å². The zero-order valence-electron chi connectivity index (χ0n) is 17.6. The van der Waals surface area contributed by atoms with Crippen LogP contribution in [-0.2, 0) is 19.3 Å². The van der Waals surface area contributed by atoms with Crippen LogP contribution in [0.25, 0.3) is 11.3 Å². The van der Waals surface area contributed by atoms with Gasteiger partial charge in [0.05, 0.1) is 29.7 Å². The molecule has 6 nitrogen and oxygen atoms in total. The van der Waals surface area contributed by atoms with E-state index in [0.29, 0.717) is 16.8 Å². The molecule has 0 N–H and O–H groups in total. The van der Waals surface area contributed by atoms with Crippen LogP contribution in [0.4, 0.5) is 22.0 Å². The minimum atomic E-state index is -4.63. The highest BCUT2D eigenvalue weighted by molar-refractivity contribution is 5.57. The molecule has 0 radical (unpaired) electrons. The maximum Gasteiger partial charge on any atom is 0.418 e. The predicted octanol–water partition coefficient (Wildman–Crippen LogP) is 4.88. The van der Waals surface area contributed by atoms with E-state index in [2.05, 4.69) is 15.2 Å². The summed E-state index contributed by atoms with van der Waals surface area (Å²) in [5, 5.41) is 8.17. The van der Waals surface area contributed by atoms with Crippen LogP contribution in [0.1, 0.15) is 54.8 Å². The Morgan fingerprint density at radius 2 is 1.91 bits per heavy atom. The van der Waals surface area contributed by atoms with Crippen molar-refractivity contribution in [3.8, 4) is 11.3 Å². The van der Waals surface area contributed by atoms with E-state index in [1.807, 2.05) is 0 Å². The Balaban J connectivity index is 1.79. The molecule has 0 unspecified atom stereocenters. The summed E-state index contributed by atoms with van der Waals surface area (Å²) in [5.41, 5.74) is -0.568. The fourth-order valence-electron chi connectivity index (χ4n) is 4.22. The third-order valence-corrected chi connectivity index (χ3v) is 5.80. The molecule has 1 aliphatic rings. The van der Waals surface area contributed by atoms with E-state index in [1.54, 1.807) is 6.07 Å². The van der Waals surface area contributed by atoms with Crippen molar-refractivity contribution in [2.45, 2.75) is 63.7 Å². The van der Waals surface area contributed by atoms with Crippen LogP contribution < -0.4 is 5.56 Å². The quantitative estimate of drug-likeness (QED) is 0.485. The second kappa shape index (κ2) is 9.40. The molecule has 0 amide bonds. The smallest absolute Gasteiger partial charge is 0.267 e. The van der Waals surface area contributed by atoms with Gasteiger partial charge in [-0.15, -0.1) is 0 Å². The van der Waals surface area contributed by atoms with Gasteiger partial charge >= 0.3 is 6.18 Å². The van der Waals surface area contributed by atoms with Crippen LogP contribution in [0.5, 0.6) is 0 Å². The second-order valence-electron chi connectivity index (χ2n) is 8.12. The Bertz CT molecular complexity index is 1160. The van der Waals surface area contributed by atoms with Gasteiger partial charge in [-0.2, -0.15) is 23.4 Å². The van der Waals surface area contributed by atoms with Crippen molar-refractivity contribution in [1.29, 1.82) is 0 Å². The third-order valence-electron chi connectivity index (χ3n) is 5.80. The molecule has 4 rings (SSSR count). The molecule has 1 aliphatic carbocycles. The van der Waals surface area contributed by atoms with Gasteiger partial charge in [0, 0.05) is 23.5 Å². The highest BCUT2D eigenvalue weighted by Gasteiger charge is 2.34. The van der Waals surface area contributed by atoms with Crippen LogP contribution in [0.3, 0.4) is 0 Å². The van der Waals surface area contributed by atoms with E-state index in [1.165, 1.54) is 24.7 Å². The number of halogens is 5. The number of aromatic nitrogens is 5. The fourth-order valence-corrected chi connectivity index (χ4v) is 4.22. The topological polar surface area (TPSA) is 65.6 Å². The normalized spacial score (nSPS) is 15.3. The Morgan fingerprint density at radius 1 is 1.15 bits per heavy atom. The lowest BCUT2D eigenvalue weighted by Gasteiger charge is -2.22. The van der Waals surface area contributed by atoms with E-state index in [9.17, 15) is 26.7 Å². The zero-order chi connectivity index (χ0) is 23.6. The molecule has 1 fully saturated rings. The first-order chi connectivity index (χ1) is 15.7. The van der Waals surface area contributed by atoms with Gasteiger partial charge in [-0.25, -0.2) is 13.5 Å². The molecule has 1 saturated carbocycles. The lowest BCUT2D eigenvalue weighted by atomic mass is 9.84. The molecule has 176 valence electrons. The Hall–Kier alpha value is -3.11. The van der Waals surface area contributed by atoms with Gasteiger partial charge in [0.25, 0.3) is 12.0 Å². The first-order valence-corrected chi connectivity index (χ1v) is 10.7.